The number of hydrogen-bond acceptors (Lipinski definition) is 1. The van der Waals surface area contributed by atoms with Crippen LogP contribution in [0.15, 0.2) is 78.9 Å². The Morgan fingerprint density at radius 3 is 0.767 bits per heavy atom. The lowest BCUT2D eigenvalue weighted by Crippen LogP contribution is -2.81. The molecule has 9 rings (SSSR count). The minimum Gasteiger partial charge on any atom is -0.289 e. The Morgan fingerprint density at radius 1 is 0.329 bits per heavy atom. The second-order valence-corrected chi connectivity index (χ2v) is 18.7. The Balaban J connectivity index is 0.000000216. The summed E-state index contributed by atoms with van der Waals surface area (Å²) in [6, 6.07) is 27.8. The third-order valence-corrected chi connectivity index (χ3v) is 12.9. The summed E-state index contributed by atoms with van der Waals surface area (Å²) in [5.41, 5.74) is -13.4. The van der Waals surface area contributed by atoms with Gasteiger partial charge in [0.05, 0.1) is 12.5 Å². The first-order chi connectivity index (χ1) is 34.3. The average molecular weight is 1060 g/mol. The lowest BCUT2D eigenvalue weighted by Gasteiger charge is -2.44. The van der Waals surface area contributed by atoms with Crippen molar-refractivity contribution < 1.29 is 92.6 Å². The SMILES string of the molecule is C[S+](C)CC(=O)c1c2cc3ccccc3cc2cc2cc3ccccc3cc12.Fc1c(F)c(F)c([B-](c2c(F)c(F)c(F)c(F)c2F)(c2c(F)c(F)c(F)c(F)c2F)c2c(F)c(F)c(F)c(F)c2F)c(F)c1F. The fourth-order valence-corrected chi connectivity index (χ4v) is 9.68. The van der Waals surface area contributed by atoms with Crippen LogP contribution in [0.3, 0.4) is 0 Å². The van der Waals surface area contributed by atoms with E-state index in [1.807, 2.05) is 0 Å². The first-order valence-corrected chi connectivity index (χ1v) is 22.6. The van der Waals surface area contributed by atoms with Crippen molar-refractivity contribution >= 4 is 87.8 Å². The topological polar surface area (TPSA) is 17.1 Å². The number of ketones is 1. The van der Waals surface area contributed by atoms with Crippen molar-refractivity contribution in [2.24, 2.45) is 0 Å². The maximum absolute atomic E-state index is 15.4. The number of rotatable bonds is 7. The fraction of sp³-hybridized carbons (Fsp3) is 0.0600. The van der Waals surface area contributed by atoms with Gasteiger partial charge in [0.15, 0.2) is 75.6 Å². The molecule has 0 N–H and O–H groups in total. The molecular weight excluding hydrogens is 1040 g/mol. The van der Waals surface area contributed by atoms with Crippen LogP contribution in [-0.2, 0) is 10.9 Å². The molecule has 376 valence electrons. The highest BCUT2D eigenvalue weighted by Gasteiger charge is 2.52. The molecule has 0 saturated heterocycles. The van der Waals surface area contributed by atoms with Crippen LogP contribution in [0.5, 0.6) is 0 Å². The third kappa shape index (κ3) is 7.97. The molecule has 0 spiro atoms. The summed E-state index contributed by atoms with van der Waals surface area (Å²) in [6.07, 6.45) is -2.95. The largest absolute Gasteiger partial charge is 0.289 e. The van der Waals surface area contributed by atoms with E-state index >= 15 is 35.1 Å². The number of Topliss-reactive ketones (excluding diaryl/α,β-unsaturated/α-hetero) is 1. The van der Waals surface area contributed by atoms with Crippen molar-refractivity contribution in [3.8, 4) is 0 Å². The predicted octanol–water partition coefficient (Wildman–Crippen LogP) is 12.2. The molecule has 23 heteroatoms. The Hall–Kier alpha value is -7.30. The van der Waals surface area contributed by atoms with E-state index in [1.165, 1.54) is 21.5 Å². The van der Waals surface area contributed by atoms with Gasteiger partial charge in [-0.25, -0.2) is 87.8 Å². The molecule has 9 aromatic carbocycles. The van der Waals surface area contributed by atoms with Crippen LogP contribution in [-0.4, -0.2) is 30.2 Å². The molecule has 73 heavy (non-hydrogen) atoms. The Kier molecular flexibility index (Phi) is 13.5. The highest BCUT2D eigenvalue weighted by molar-refractivity contribution is 7.96. The standard InChI is InChI=1S/C26H21OS.C24BF20/c1-28(2)16-25(27)26-23-14-19-9-5-3-7-17(19)11-21(23)13-22-12-18-8-4-6-10-20(18)15-24(22)26;26-5-1(6(27)14(35)21(42)13(5)34)25(2-7(28)15(36)22(43)16(37)8(2)29,3-9(30)17(38)23(44)18(39)10(3)31)4-11(32)19(40)24(45)20(41)12(4)33/h3-15H,16H2,1-2H3;/q+1;-1. The number of carbonyl (C=O) groups excluding carboxylic acids is 1. The Morgan fingerprint density at radius 2 is 0.534 bits per heavy atom. The maximum atomic E-state index is 15.4. The number of hydrogen-bond donors (Lipinski definition) is 0. The molecule has 0 radical (unpaired) electrons. The van der Waals surface area contributed by atoms with Crippen LogP contribution in [0.1, 0.15) is 10.4 Å². The van der Waals surface area contributed by atoms with Crippen molar-refractivity contribution in [2.75, 3.05) is 18.3 Å². The maximum Gasteiger partial charge on any atom is 0.213 e. The molecule has 1 nitrogen and oxygen atoms in total. The first-order valence-electron chi connectivity index (χ1n) is 20.4. The minimum absolute atomic E-state index is 0.0642. The second-order valence-electron chi connectivity index (χ2n) is 16.4. The molecule has 0 aliphatic carbocycles. The predicted molar refractivity (Wildman–Crippen MR) is 234 cm³/mol. The fourth-order valence-electron chi connectivity index (χ4n) is 9.01. The van der Waals surface area contributed by atoms with Crippen molar-refractivity contribution in [1.82, 2.24) is 0 Å². The van der Waals surface area contributed by atoms with Gasteiger partial charge < -0.3 is 0 Å². The summed E-state index contributed by atoms with van der Waals surface area (Å²) in [5, 5.41) is 9.17. The van der Waals surface area contributed by atoms with Gasteiger partial charge in [-0.2, -0.15) is 0 Å². The molecular formula is C50H21BF20OS. The molecule has 0 unspecified atom stereocenters. The van der Waals surface area contributed by atoms with Gasteiger partial charge in [-0.3, -0.25) is 4.79 Å². The smallest absolute Gasteiger partial charge is 0.213 e. The van der Waals surface area contributed by atoms with E-state index < -0.39 is 144 Å². The number of fused-ring (bicyclic) bond motifs is 4. The number of benzene rings is 9. The molecule has 9 aromatic rings. The van der Waals surface area contributed by atoms with E-state index in [2.05, 4.69) is 91.4 Å². The molecule has 0 atom stereocenters. The van der Waals surface area contributed by atoms with Crippen molar-refractivity contribution in [1.29, 1.82) is 0 Å². The van der Waals surface area contributed by atoms with Gasteiger partial charge in [0.25, 0.3) is 0 Å². The zero-order chi connectivity index (χ0) is 53.6. The highest BCUT2D eigenvalue weighted by atomic mass is 32.2. The summed E-state index contributed by atoms with van der Waals surface area (Å²) < 4.78 is 294. The molecule has 0 bridgehead atoms. The van der Waals surface area contributed by atoms with Gasteiger partial charge in [0.2, 0.25) is 5.78 Å². The molecule has 0 aliphatic rings. The molecule has 0 amide bonds. The Labute approximate surface area is 398 Å². The lowest BCUT2D eigenvalue weighted by molar-refractivity contribution is 0.102. The zero-order valence-electron chi connectivity index (χ0n) is 36.2. The first kappa shape index (κ1) is 52.0. The molecule has 0 saturated carbocycles. The van der Waals surface area contributed by atoms with Gasteiger partial charge in [-0.05, 0) is 84.3 Å². The minimum atomic E-state index is -7.22. The van der Waals surface area contributed by atoms with Crippen LogP contribution < -0.4 is 21.9 Å². The molecule has 0 aliphatic heterocycles. The van der Waals surface area contributed by atoms with E-state index in [9.17, 15) is 57.5 Å². The van der Waals surface area contributed by atoms with E-state index in [0.29, 0.717) is 5.75 Å². The molecule has 0 heterocycles. The summed E-state index contributed by atoms with van der Waals surface area (Å²) in [7, 11) is 0.0642. The van der Waals surface area contributed by atoms with Gasteiger partial charge in [0, 0.05) is 5.56 Å². The lowest BCUT2D eigenvalue weighted by atomic mass is 9.12. The van der Waals surface area contributed by atoms with E-state index in [-0.39, 0.29) is 16.7 Å². The van der Waals surface area contributed by atoms with Gasteiger partial charge in [-0.15, -0.1) is 21.9 Å². The quantitative estimate of drug-likeness (QED) is 0.0296. The van der Waals surface area contributed by atoms with Crippen LogP contribution >= 0.6 is 0 Å². The molecule has 0 fully saturated rings. The summed E-state index contributed by atoms with van der Waals surface area (Å²) >= 11 is 0. The average Bonchev–Trinajstić information content (AvgIpc) is 3.36. The summed E-state index contributed by atoms with van der Waals surface area (Å²) in [5.74, 6) is -70.6. The number of halogens is 20. The van der Waals surface area contributed by atoms with E-state index in [0.717, 1.165) is 27.1 Å². The van der Waals surface area contributed by atoms with Crippen molar-refractivity contribution in [2.45, 2.75) is 0 Å². The highest BCUT2D eigenvalue weighted by Crippen LogP contribution is 2.36. The van der Waals surface area contributed by atoms with Crippen LogP contribution in [0.4, 0.5) is 87.8 Å². The van der Waals surface area contributed by atoms with Crippen LogP contribution in [0, 0.1) is 116 Å². The van der Waals surface area contributed by atoms with E-state index in [1.54, 1.807) is 0 Å². The Bertz CT molecular complexity index is 3370. The van der Waals surface area contributed by atoms with Gasteiger partial charge in [0.1, 0.15) is 52.7 Å². The number of carbonyl (C=O) groups is 1. The van der Waals surface area contributed by atoms with Gasteiger partial charge >= 0.3 is 0 Å². The third-order valence-electron chi connectivity index (χ3n) is 12.1. The van der Waals surface area contributed by atoms with Crippen molar-refractivity contribution in [3.63, 3.8) is 0 Å². The van der Waals surface area contributed by atoms with Crippen LogP contribution in [0.25, 0.3) is 43.1 Å². The monoisotopic (exact) mass is 1060 g/mol. The normalized spacial score (nSPS) is 11.9. The van der Waals surface area contributed by atoms with Crippen LogP contribution in [0.2, 0.25) is 0 Å². The molecule has 0 aromatic heterocycles. The summed E-state index contributed by atoms with van der Waals surface area (Å²) in [6.45, 7) is 0. The zero-order valence-corrected chi connectivity index (χ0v) is 37.0. The summed E-state index contributed by atoms with van der Waals surface area (Å²) in [4.78, 5) is 13.4. The second kappa shape index (κ2) is 19.0. The van der Waals surface area contributed by atoms with Gasteiger partial charge in [-0.1, -0.05) is 48.5 Å². The van der Waals surface area contributed by atoms with Crippen molar-refractivity contribution in [3.05, 3.63) is 201 Å². The van der Waals surface area contributed by atoms with E-state index in [4.69, 9.17) is 0 Å².